The van der Waals surface area contributed by atoms with E-state index in [1.807, 2.05) is 36.7 Å². The van der Waals surface area contributed by atoms with Crippen LogP contribution in [0.5, 0.6) is 11.5 Å². The number of para-hydroxylation sites is 1. The zero-order valence-electron chi connectivity index (χ0n) is 17.1. The van der Waals surface area contributed by atoms with Gasteiger partial charge in [-0.05, 0) is 42.5 Å². The summed E-state index contributed by atoms with van der Waals surface area (Å²) in [5.41, 5.74) is 1.80. The number of aromatic nitrogens is 3. The summed E-state index contributed by atoms with van der Waals surface area (Å²) < 4.78 is 27.5. The number of benzene rings is 2. The van der Waals surface area contributed by atoms with Crippen LogP contribution in [0.25, 0.3) is 11.5 Å². The van der Waals surface area contributed by atoms with Crippen molar-refractivity contribution in [3.63, 3.8) is 0 Å². The summed E-state index contributed by atoms with van der Waals surface area (Å²) in [6.07, 6.45) is 5.13. The van der Waals surface area contributed by atoms with Crippen LogP contribution in [0.2, 0.25) is 0 Å². The Balaban J connectivity index is 1.66. The quantitative estimate of drug-likeness (QED) is 0.494. The first-order valence-electron chi connectivity index (χ1n) is 9.57. The van der Waals surface area contributed by atoms with Crippen molar-refractivity contribution >= 4 is 5.91 Å². The lowest BCUT2D eigenvalue weighted by molar-refractivity contribution is 0.0950. The van der Waals surface area contributed by atoms with Gasteiger partial charge in [0.15, 0.2) is 17.3 Å². The first kappa shape index (κ1) is 20.2. The Bertz CT molecular complexity index is 1180. The number of ether oxygens (including phenoxy) is 2. The summed E-state index contributed by atoms with van der Waals surface area (Å²) in [5, 5.41) is 7.29. The molecule has 0 fully saturated rings. The van der Waals surface area contributed by atoms with Gasteiger partial charge in [0.05, 0.1) is 26.1 Å². The van der Waals surface area contributed by atoms with Crippen LogP contribution in [0, 0.1) is 5.82 Å². The highest BCUT2D eigenvalue weighted by Gasteiger charge is 2.20. The predicted octanol–water partition coefficient (Wildman–Crippen LogP) is 3.75. The van der Waals surface area contributed by atoms with Gasteiger partial charge in [-0.3, -0.25) is 4.79 Å². The Morgan fingerprint density at radius 3 is 2.45 bits per heavy atom. The summed E-state index contributed by atoms with van der Waals surface area (Å²) in [5.74, 6) is 1.06. The van der Waals surface area contributed by atoms with Gasteiger partial charge in [-0.2, -0.15) is 5.10 Å². The fourth-order valence-electron chi connectivity index (χ4n) is 3.36. The topological polar surface area (TPSA) is 70.3 Å². The van der Waals surface area contributed by atoms with Crippen LogP contribution < -0.4 is 14.8 Å². The highest BCUT2D eigenvalue weighted by molar-refractivity contribution is 5.97. The number of halogens is 1. The Hall–Kier alpha value is -4.07. The van der Waals surface area contributed by atoms with E-state index in [1.165, 1.54) is 18.3 Å². The average molecular weight is 420 g/mol. The van der Waals surface area contributed by atoms with Crippen molar-refractivity contribution in [2.24, 2.45) is 0 Å². The standard InChI is InChI=1S/C23H21FN4O3/c1-30-20-7-5-6-16(21(20)31-2)14-25-22(29)19-15-26-28(18-10-8-17(24)9-11-18)23(19)27-12-3-4-13-27/h3-13,15H,14H2,1-2H3,(H,25,29). The Morgan fingerprint density at radius 1 is 1.03 bits per heavy atom. The van der Waals surface area contributed by atoms with Crippen molar-refractivity contribution in [2.75, 3.05) is 14.2 Å². The minimum Gasteiger partial charge on any atom is -0.493 e. The lowest BCUT2D eigenvalue weighted by atomic mass is 10.1. The second kappa shape index (κ2) is 8.74. The van der Waals surface area contributed by atoms with E-state index in [9.17, 15) is 9.18 Å². The predicted molar refractivity (Wildman–Crippen MR) is 114 cm³/mol. The average Bonchev–Trinajstić information content (AvgIpc) is 3.47. The number of methoxy groups -OCH3 is 2. The van der Waals surface area contributed by atoms with Crippen LogP contribution in [0.4, 0.5) is 4.39 Å². The molecule has 31 heavy (non-hydrogen) atoms. The van der Waals surface area contributed by atoms with Gasteiger partial charge in [0.25, 0.3) is 5.91 Å². The van der Waals surface area contributed by atoms with Crippen LogP contribution in [-0.2, 0) is 6.54 Å². The van der Waals surface area contributed by atoms with Gasteiger partial charge in [0.2, 0.25) is 0 Å². The molecule has 0 atom stereocenters. The summed E-state index contributed by atoms with van der Waals surface area (Å²) >= 11 is 0. The lowest BCUT2D eigenvalue weighted by Gasteiger charge is -2.14. The molecular weight excluding hydrogens is 399 g/mol. The van der Waals surface area contributed by atoms with Crippen LogP contribution in [0.3, 0.4) is 0 Å². The lowest BCUT2D eigenvalue weighted by Crippen LogP contribution is -2.24. The highest BCUT2D eigenvalue weighted by atomic mass is 19.1. The number of hydrogen-bond donors (Lipinski definition) is 1. The number of carbonyl (C=O) groups is 1. The van der Waals surface area contributed by atoms with Crippen molar-refractivity contribution in [2.45, 2.75) is 6.54 Å². The summed E-state index contributed by atoms with van der Waals surface area (Å²) in [4.78, 5) is 13.1. The number of amides is 1. The van der Waals surface area contributed by atoms with Gasteiger partial charge in [0, 0.05) is 24.5 Å². The molecule has 0 aliphatic heterocycles. The van der Waals surface area contributed by atoms with Crippen molar-refractivity contribution in [3.8, 4) is 23.0 Å². The molecule has 2 aromatic heterocycles. The minimum atomic E-state index is -0.344. The molecule has 158 valence electrons. The maximum atomic E-state index is 13.4. The van der Waals surface area contributed by atoms with Gasteiger partial charge >= 0.3 is 0 Å². The second-order valence-electron chi connectivity index (χ2n) is 6.70. The maximum Gasteiger partial charge on any atom is 0.256 e. The molecule has 4 rings (SSSR count). The SMILES string of the molecule is COc1cccc(CNC(=O)c2cnn(-c3ccc(F)cc3)c2-n2cccc2)c1OC. The molecule has 1 amide bonds. The smallest absolute Gasteiger partial charge is 0.256 e. The number of nitrogens with zero attached hydrogens (tertiary/aromatic N) is 3. The third-order valence-electron chi connectivity index (χ3n) is 4.83. The molecule has 0 bridgehead atoms. The first-order valence-corrected chi connectivity index (χ1v) is 9.57. The van der Waals surface area contributed by atoms with Gasteiger partial charge in [-0.25, -0.2) is 9.07 Å². The van der Waals surface area contributed by atoms with E-state index in [0.717, 1.165) is 5.56 Å². The molecule has 0 spiro atoms. The highest BCUT2D eigenvalue weighted by Crippen LogP contribution is 2.30. The molecule has 7 nitrogen and oxygen atoms in total. The molecule has 4 aromatic rings. The van der Waals surface area contributed by atoms with Crippen LogP contribution >= 0.6 is 0 Å². The van der Waals surface area contributed by atoms with Gasteiger partial charge < -0.3 is 19.4 Å². The third kappa shape index (κ3) is 4.00. The zero-order valence-corrected chi connectivity index (χ0v) is 17.1. The number of hydrogen-bond acceptors (Lipinski definition) is 4. The van der Waals surface area contributed by atoms with E-state index < -0.39 is 0 Å². The summed E-state index contributed by atoms with van der Waals surface area (Å²) in [6.45, 7) is 0.242. The zero-order chi connectivity index (χ0) is 21.8. The molecule has 2 heterocycles. The van der Waals surface area contributed by atoms with Gasteiger partial charge in [-0.15, -0.1) is 0 Å². The first-order chi connectivity index (χ1) is 15.1. The molecule has 0 aliphatic carbocycles. The molecule has 1 N–H and O–H groups in total. The molecular formula is C23H21FN4O3. The largest absolute Gasteiger partial charge is 0.493 e. The van der Waals surface area contributed by atoms with E-state index in [-0.39, 0.29) is 18.3 Å². The van der Waals surface area contributed by atoms with E-state index >= 15 is 0 Å². The number of nitrogens with one attached hydrogen (secondary N) is 1. The normalized spacial score (nSPS) is 10.7. The fraction of sp³-hybridized carbons (Fsp3) is 0.130. The van der Waals surface area contributed by atoms with Crippen LogP contribution in [0.1, 0.15) is 15.9 Å². The molecule has 8 heteroatoms. The number of carbonyl (C=O) groups excluding carboxylic acids is 1. The van der Waals surface area contributed by atoms with E-state index in [2.05, 4.69) is 10.4 Å². The van der Waals surface area contributed by atoms with Crippen molar-refractivity contribution in [1.29, 1.82) is 0 Å². The summed E-state index contributed by atoms with van der Waals surface area (Å²) in [6, 6.07) is 15.1. The molecule has 2 aromatic carbocycles. The van der Waals surface area contributed by atoms with Crippen molar-refractivity contribution in [1.82, 2.24) is 19.7 Å². The molecule has 0 unspecified atom stereocenters. The van der Waals surface area contributed by atoms with E-state index in [4.69, 9.17) is 9.47 Å². The van der Waals surface area contributed by atoms with E-state index in [0.29, 0.717) is 28.6 Å². The van der Waals surface area contributed by atoms with Crippen molar-refractivity contribution < 1.29 is 18.7 Å². The van der Waals surface area contributed by atoms with Gasteiger partial charge in [0.1, 0.15) is 11.4 Å². The van der Waals surface area contributed by atoms with Crippen molar-refractivity contribution in [3.05, 3.63) is 90.1 Å². The minimum absolute atomic E-state index is 0.242. The third-order valence-corrected chi connectivity index (χ3v) is 4.83. The molecule has 0 radical (unpaired) electrons. The van der Waals surface area contributed by atoms with Crippen LogP contribution in [0.15, 0.2) is 73.2 Å². The second-order valence-corrected chi connectivity index (χ2v) is 6.70. The molecule has 0 saturated carbocycles. The Labute approximate surface area is 178 Å². The van der Waals surface area contributed by atoms with Crippen LogP contribution in [-0.4, -0.2) is 34.5 Å². The monoisotopic (exact) mass is 420 g/mol. The molecule has 0 saturated heterocycles. The Kier molecular flexibility index (Phi) is 5.70. The van der Waals surface area contributed by atoms with Gasteiger partial charge in [-0.1, -0.05) is 12.1 Å². The Morgan fingerprint density at radius 2 is 1.77 bits per heavy atom. The summed E-state index contributed by atoms with van der Waals surface area (Å²) in [7, 11) is 3.12. The van der Waals surface area contributed by atoms with E-state index in [1.54, 1.807) is 41.7 Å². The fourth-order valence-corrected chi connectivity index (χ4v) is 3.36. The number of rotatable bonds is 7. The maximum absolute atomic E-state index is 13.4. The molecule has 0 aliphatic rings.